The summed E-state index contributed by atoms with van der Waals surface area (Å²) in [7, 11) is 1.62. The number of benzene rings is 1. The number of ether oxygens (including phenoxy) is 1. The summed E-state index contributed by atoms with van der Waals surface area (Å²) in [5.74, 6) is 1.62. The number of hydrogen-bond donors (Lipinski definition) is 2. The summed E-state index contributed by atoms with van der Waals surface area (Å²) in [6.07, 6.45) is 1.66. The van der Waals surface area contributed by atoms with E-state index in [4.69, 9.17) is 14.9 Å². The van der Waals surface area contributed by atoms with Gasteiger partial charge in [-0.2, -0.15) is 0 Å². The van der Waals surface area contributed by atoms with Crippen LogP contribution in [0.25, 0.3) is 0 Å². The lowest BCUT2D eigenvalue weighted by atomic mass is 10.2. The Bertz CT molecular complexity index is 480. The summed E-state index contributed by atoms with van der Waals surface area (Å²) in [5, 5.41) is 3.31. The Hall–Kier alpha value is -2.10. The van der Waals surface area contributed by atoms with Gasteiger partial charge < -0.3 is 20.2 Å². The Morgan fingerprint density at radius 3 is 2.82 bits per heavy atom. The van der Waals surface area contributed by atoms with E-state index in [1.165, 1.54) is 0 Å². The van der Waals surface area contributed by atoms with E-state index < -0.39 is 0 Å². The summed E-state index contributed by atoms with van der Waals surface area (Å²) < 4.78 is 10.5. The van der Waals surface area contributed by atoms with Crippen molar-refractivity contribution in [3.05, 3.63) is 42.4 Å². The molecule has 1 aromatic carbocycles. The van der Waals surface area contributed by atoms with Crippen LogP contribution in [0.3, 0.4) is 0 Å². The fourth-order valence-electron chi connectivity index (χ4n) is 1.68. The molecule has 1 atom stereocenters. The lowest BCUT2D eigenvalue weighted by Crippen LogP contribution is -2.06. The lowest BCUT2D eigenvalue weighted by molar-refractivity contribution is 0.415. The van der Waals surface area contributed by atoms with Crippen molar-refractivity contribution >= 4 is 11.4 Å². The Morgan fingerprint density at radius 1 is 1.35 bits per heavy atom. The van der Waals surface area contributed by atoms with Gasteiger partial charge in [-0.15, -0.1) is 0 Å². The highest BCUT2D eigenvalue weighted by Crippen LogP contribution is 2.25. The van der Waals surface area contributed by atoms with E-state index >= 15 is 0 Å². The molecule has 4 nitrogen and oxygen atoms in total. The molecule has 0 spiro atoms. The Morgan fingerprint density at radius 2 is 2.18 bits per heavy atom. The molecule has 1 unspecified atom stereocenters. The number of anilines is 2. The molecule has 1 aromatic heterocycles. The topological polar surface area (TPSA) is 60.4 Å². The van der Waals surface area contributed by atoms with Gasteiger partial charge in [0.15, 0.2) is 0 Å². The summed E-state index contributed by atoms with van der Waals surface area (Å²) in [5.41, 5.74) is 7.36. The fraction of sp³-hybridized carbons (Fsp3) is 0.231. The van der Waals surface area contributed by atoms with Crippen LogP contribution in [0.4, 0.5) is 11.4 Å². The van der Waals surface area contributed by atoms with Crippen LogP contribution in [-0.2, 0) is 0 Å². The van der Waals surface area contributed by atoms with Gasteiger partial charge in [-0.05, 0) is 25.1 Å². The average Bonchev–Trinajstić information content (AvgIpc) is 2.81. The van der Waals surface area contributed by atoms with Crippen LogP contribution in [0.1, 0.15) is 18.7 Å². The van der Waals surface area contributed by atoms with Crippen LogP contribution >= 0.6 is 0 Å². The molecule has 90 valence electrons. The number of hydrogen-bond acceptors (Lipinski definition) is 4. The number of nitrogen functional groups attached to an aromatic ring is 1. The monoisotopic (exact) mass is 232 g/mol. The van der Waals surface area contributed by atoms with Gasteiger partial charge in [0.1, 0.15) is 11.5 Å². The molecule has 0 aliphatic carbocycles. The molecular formula is C13H16N2O2. The van der Waals surface area contributed by atoms with E-state index in [0.717, 1.165) is 17.2 Å². The molecular weight excluding hydrogens is 216 g/mol. The largest absolute Gasteiger partial charge is 0.497 e. The molecule has 0 amide bonds. The lowest BCUT2D eigenvalue weighted by Gasteiger charge is -2.14. The summed E-state index contributed by atoms with van der Waals surface area (Å²) >= 11 is 0. The molecule has 3 N–H and O–H groups in total. The highest BCUT2D eigenvalue weighted by atomic mass is 16.5. The minimum atomic E-state index is 0.0801. The summed E-state index contributed by atoms with van der Waals surface area (Å²) in [6.45, 7) is 2.02. The first kappa shape index (κ1) is 11.4. The molecule has 2 rings (SSSR count). The predicted octanol–water partition coefficient (Wildman–Crippen LogP) is 3.04. The number of nitrogens with one attached hydrogen (secondary N) is 1. The third-order valence-electron chi connectivity index (χ3n) is 2.52. The van der Waals surface area contributed by atoms with E-state index in [2.05, 4.69) is 5.32 Å². The first-order valence-electron chi connectivity index (χ1n) is 5.43. The van der Waals surface area contributed by atoms with Crippen LogP contribution in [-0.4, -0.2) is 7.11 Å². The van der Waals surface area contributed by atoms with Crippen LogP contribution in [0, 0.1) is 0 Å². The quantitative estimate of drug-likeness (QED) is 0.795. The van der Waals surface area contributed by atoms with E-state index in [0.29, 0.717) is 5.69 Å². The highest BCUT2D eigenvalue weighted by Gasteiger charge is 2.08. The van der Waals surface area contributed by atoms with Crippen LogP contribution in [0.2, 0.25) is 0 Å². The van der Waals surface area contributed by atoms with E-state index in [1.54, 1.807) is 19.4 Å². The van der Waals surface area contributed by atoms with Crippen molar-refractivity contribution < 1.29 is 9.15 Å². The summed E-state index contributed by atoms with van der Waals surface area (Å²) in [4.78, 5) is 0. The smallest absolute Gasteiger partial charge is 0.125 e. The first-order valence-corrected chi connectivity index (χ1v) is 5.43. The third-order valence-corrected chi connectivity index (χ3v) is 2.52. The minimum Gasteiger partial charge on any atom is -0.497 e. The standard InChI is InChI=1S/C13H16N2O2/c1-9(13-4-3-5-17-13)15-11-6-10(14)7-12(8-11)16-2/h3-9,15H,14H2,1-2H3. The number of rotatable bonds is 4. The molecule has 4 heteroatoms. The van der Waals surface area contributed by atoms with E-state index in [1.807, 2.05) is 31.2 Å². The maximum absolute atomic E-state index is 5.79. The van der Waals surface area contributed by atoms with Gasteiger partial charge in [0, 0.05) is 23.5 Å². The Balaban J connectivity index is 2.15. The fourth-order valence-corrected chi connectivity index (χ4v) is 1.68. The Kier molecular flexibility index (Phi) is 3.23. The van der Waals surface area contributed by atoms with Crippen molar-refractivity contribution in [1.29, 1.82) is 0 Å². The van der Waals surface area contributed by atoms with Gasteiger partial charge in [-0.1, -0.05) is 0 Å². The van der Waals surface area contributed by atoms with Crippen LogP contribution in [0.5, 0.6) is 5.75 Å². The first-order chi connectivity index (χ1) is 8.19. The zero-order chi connectivity index (χ0) is 12.3. The molecule has 0 fully saturated rings. The predicted molar refractivity (Wildman–Crippen MR) is 68.2 cm³/mol. The van der Waals surface area contributed by atoms with Gasteiger partial charge in [0.2, 0.25) is 0 Å². The van der Waals surface area contributed by atoms with Gasteiger partial charge in [0.05, 0.1) is 19.4 Å². The van der Waals surface area contributed by atoms with E-state index in [-0.39, 0.29) is 6.04 Å². The average molecular weight is 232 g/mol. The molecule has 17 heavy (non-hydrogen) atoms. The SMILES string of the molecule is COc1cc(N)cc(NC(C)c2ccco2)c1. The van der Waals surface area contributed by atoms with Crippen LogP contribution in [0.15, 0.2) is 41.0 Å². The van der Waals surface area contributed by atoms with Crippen molar-refractivity contribution in [2.24, 2.45) is 0 Å². The second-order valence-electron chi connectivity index (χ2n) is 3.88. The second kappa shape index (κ2) is 4.82. The van der Waals surface area contributed by atoms with Crippen molar-refractivity contribution in [2.75, 3.05) is 18.2 Å². The van der Waals surface area contributed by atoms with Gasteiger partial charge in [-0.3, -0.25) is 0 Å². The molecule has 0 saturated heterocycles. The molecule has 1 heterocycles. The zero-order valence-electron chi connectivity index (χ0n) is 9.94. The van der Waals surface area contributed by atoms with Gasteiger partial charge >= 0.3 is 0 Å². The van der Waals surface area contributed by atoms with Crippen molar-refractivity contribution in [3.63, 3.8) is 0 Å². The normalized spacial score (nSPS) is 12.1. The summed E-state index contributed by atoms with van der Waals surface area (Å²) in [6, 6.07) is 9.42. The van der Waals surface area contributed by atoms with Crippen molar-refractivity contribution in [2.45, 2.75) is 13.0 Å². The molecule has 0 aliphatic heterocycles. The second-order valence-corrected chi connectivity index (χ2v) is 3.88. The molecule has 0 bridgehead atoms. The van der Waals surface area contributed by atoms with Crippen molar-refractivity contribution in [1.82, 2.24) is 0 Å². The molecule has 0 saturated carbocycles. The third kappa shape index (κ3) is 2.72. The molecule has 0 aliphatic rings. The maximum atomic E-state index is 5.79. The molecule has 2 aromatic rings. The van der Waals surface area contributed by atoms with Crippen LogP contribution < -0.4 is 15.8 Å². The number of nitrogens with two attached hydrogens (primary N) is 1. The number of furan rings is 1. The minimum absolute atomic E-state index is 0.0801. The van der Waals surface area contributed by atoms with Gasteiger partial charge in [0.25, 0.3) is 0 Å². The zero-order valence-corrected chi connectivity index (χ0v) is 9.94. The van der Waals surface area contributed by atoms with Gasteiger partial charge in [-0.25, -0.2) is 0 Å². The highest BCUT2D eigenvalue weighted by molar-refractivity contribution is 5.59. The Labute approximate surface area is 100 Å². The van der Waals surface area contributed by atoms with Crippen molar-refractivity contribution in [3.8, 4) is 5.75 Å². The maximum Gasteiger partial charge on any atom is 0.125 e. The molecule has 0 radical (unpaired) electrons. The van der Waals surface area contributed by atoms with E-state index in [9.17, 15) is 0 Å². The number of methoxy groups -OCH3 is 1.